The van der Waals surface area contributed by atoms with Crippen molar-refractivity contribution in [3.05, 3.63) is 77.9 Å². The smallest absolute Gasteiger partial charge is 0.333 e. The number of pyridine rings is 1. The number of ether oxygens (including phenoxy) is 2. The fourth-order valence-corrected chi connectivity index (χ4v) is 2.65. The number of para-hydroxylation sites is 1. The average molecular weight is 438 g/mol. The molecule has 1 aromatic carbocycles. The van der Waals surface area contributed by atoms with Crippen molar-refractivity contribution in [3.8, 4) is 11.6 Å². The molecule has 168 valence electrons. The predicted octanol–water partition coefficient (Wildman–Crippen LogP) is 3.58. The minimum atomic E-state index is -0.587. The van der Waals surface area contributed by atoms with Gasteiger partial charge >= 0.3 is 11.9 Å². The molecule has 9 nitrogen and oxygen atoms in total. The molecule has 0 aliphatic rings. The molecule has 0 aliphatic carbocycles. The highest BCUT2D eigenvalue weighted by atomic mass is 16.5. The lowest BCUT2D eigenvalue weighted by molar-refractivity contribution is 0.0904. The van der Waals surface area contributed by atoms with Crippen LogP contribution >= 0.6 is 0 Å². The number of rotatable bonds is 10. The van der Waals surface area contributed by atoms with E-state index in [1.807, 2.05) is 36.4 Å². The minimum Gasteiger partial charge on any atom is -0.486 e. The molecule has 2 aromatic heterocycles. The van der Waals surface area contributed by atoms with E-state index in [2.05, 4.69) is 28.1 Å². The molecule has 3 rings (SSSR count). The number of nitrogens with one attached hydrogen (secondary N) is 3. The highest BCUT2D eigenvalue weighted by Crippen LogP contribution is 2.15. The Kier molecular flexibility index (Phi) is 8.50. The second-order valence-corrected chi connectivity index (χ2v) is 6.80. The van der Waals surface area contributed by atoms with Gasteiger partial charge < -0.3 is 19.2 Å². The zero-order valence-corrected chi connectivity index (χ0v) is 17.8. The van der Waals surface area contributed by atoms with Crippen molar-refractivity contribution < 1.29 is 23.5 Å². The molecule has 0 unspecified atom stereocenters. The van der Waals surface area contributed by atoms with E-state index in [4.69, 9.17) is 13.9 Å². The molecule has 3 N–H and O–H groups in total. The van der Waals surface area contributed by atoms with Gasteiger partial charge in [-0.25, -0.2) is 15.2 Å². The maximum Gasteiger partial charge on any atom is 0.333 e. The van der Waals surface area contributed by atoms with Crippen molar-refractivity contribution >= 4 is 11.9 Å². The third-order valence-electron chi connectivity index (χ3n) is 4.33. The highest BCUT2D eigenvalue weighted by molar-refractivity contribution is 5.92. The lowest BCUT2D eigenvalue weighted by Gasteiger charge is -2.11. The van der Waals surface area contributed by atoms with E-state index in [9.17, 15) is 9.59 Å². The summed E-state index contributed by atoms with van der Waals surface area (Å²) in [5.74, 6) is 1.12. The second-order valence-electron chi connectivity index (χ2n) is 6.80. The van der Waals surface area contributed by atoms with Crippen molar-refractivity contribution in [1.29, 1.82) is 0 Å². The Bertz CT molecular complexity index is 1010. The molecule has 3 amide bonds. The van der Waals surface area contributed by atoms with Crippen LogP contribution in [-0.2, 0) is 13.2 Å². The summed E-state index contributed by atoms with van der Waals surface area (Å²) in [4.78, 5) is 28.4. The molecule has 0 aliphatic heterocycles. The van der Waals surface area contributed by atoms with Gasteiger partial charge in [0.15, 0.2) is 5.76 Å². The maximum atomic E-state index is 12.2. The first-order chi connectivity index (χ1) is 15.7. The van der Waals surface area contributed by atoms with Gasteiger partial charge in [0.05, 0.1) is 6.61 Å². The molecule has 9 heteroatoms. The summed E-state index contributed by atoms with van der Waals surface area (Å²) in [6, 6.07) is 15.4. The topological polar surface area (TPSA) is 115 Å². The van der Waals surface area contributed by atoms with E-state index >= 15 is 0 Å². The van der Waals surface area contributed by atoms with Gasteiger partial charge in [-0.3, -0.25) is 10.2 Å². The number of hydrogen-bond acceptors (Lipinski definition) is 6. The number of urea groups is 1. The van der Waals surface area contributed by atoms with E-state index in [0.29, 0.717) is 24.0 Å². The van der Waals surface area contributed by atoms with E-state index in [1.165, 1.54) is 6.07 Å². The van der Waals surface area contributed by atoms with Crippen LogP contribution in [0, 0.1) is 0 Å². The molecule has 0 saturated heterocycles. The molecule has 0 saturated carbocycles. The molecular formula is C23H26N4O5. The zero-order valence-electron chi connectivity index (χ0n) is 17.8. The normalized spacial score (nSPS) is 10.3. The highest BCUT2D eigenvalue weighted by Gasteiger charge is 2.13. The number of furan rings is 1. The standard InChI is InChI=1S/C23H26N4O5/c1-2-3-14-30-22-17(8-7-13-24-22)15-25-23(29)27-26-21(28)20-12-11-19(32-20)16-31-18-9-5-4-6-10-18/h4-13H,2-3,14-16H2,1H3,(H,26,28)(H2,25,27,29). The third kappa shape index (κ3) is 7.05. The number of aromatic nitrogens is 1. The maximum absolute atomic E-state index is 12.2. The summed E-state index contributed by atoms with van der Waals surface area (Å²) in [6.07, 6.45) is 3.57. The van der Waals surface area contributed by atoms with Gasteiger partial charge in [0.1, 0.15) is 18.1 Å². The summed E-state index contributed by atoms with van der Waals surface area (Å²) in [5, 5.41) is 2.64. The Morgan fingerprint density at radius 2 is 1.84 bits per heavy atom. The Morgan fingerprint density at radius 3 is 2.66 bits per heavy atom. The van der Waals surface area contributed by atoms with E-state index < -0.39 is 11.9 Å². The number of hydrazine groups is 1. The number of unbranched alkanes of at least 4 members (excludes halogenated alkanes) is 1. The van der Waals surface area contributed by atoms with Crippen molar-refractivity contribution in [3.63, 3.8) is 0 Å². The number of benzene rings is 1. The number of carbonyl (C=O) groups is 2. The van der Waals surface area contributed by atoms with E-state index in [1.54, 1.807) is 18.3 Å². The first-order valence-corrected chi connectivity index (χ1v) is 10.3. The summed E-state index contributed by atoms with van der Waals surface area (Å²) in [5.41, 5.74) is 5.32. The summed E-state index contributed by atoms with van der Waals surface area (Å²) >= 11 is 0. The molecule has 0 spiro atoms. The van der Waals surface area contributed by atoms with Crippen LogP contribution in [0.25, 0.3) is 0 Å². The fraction of sp³-hybridized carbons (Fsp3) is 0.261. The van der Waals surface area contributed by atoms with Crippen molar-refractivity contribution in [2.24, 2.45) is 0 Å². The van der Waals surface area contributed by atoms with Gasteiger partial charge in [-0.1, -0.05) is 37.6 Å². The largest absolute Gasteiger partial charge is 0.486 e. The lowest BCUT2D eigenvalue weighted by Crippen LogP contribution is -2.46. The van der Waals surface area contributed by atoms with Crippen LogP contribution in [0.15, 0.2) is 65.2 Å². The molecule has 0 bridgehead atoms. The Morgan fingerprint density at radius 1 is 1.00 bits per heavy atom. The molecule has 0 fully saturated rings. The van der Waals surface area contributed by atoms with Crippen LogP contribution < -0.4 is 25.6 Å². The van der Waals surface area contributed by atoms with Crippen LogP contribution in [-0.4, -0.2) is 23.5 Å². The number of carbonyl (C=O) groups excluding carboxylic acids is 2. The van der Waals surface area contributed by atoms with E-state index in [0.717, 1.165) is 18.4 Å². The lowest BCUT2D eigenvalue weighted by atomic mass is 10.2. The van der Waals surface area contributed by atoms with Crippen molar-refractivity contribution in [2.75, 3.05) is 6.61 Å². The van der Waals surface area contributed by atoms with Crippen molar-refractivity contribution in [2.45, 2.75) is 32.9 Å². The number of nitrogens with zero attached hydrogens (tertiary/aromatic N) is 1. The number of amides is 3. The monoisotopic (exact) mass is 438 g/mol. The molecule has 2 heterocycles. The third-order valence-corrected chi connectivity index (χ3v) is 4.33. The molecule has 0 atom stereocenters. The van der Waals surface area contributed by atoms with Gasteiger partial charge in [0, 0.05) is 18.3 Å². The van der Waals surface area contributed by atoms with Gasteiger partial charge in [0.25, 0.3) is 0 Å². The van der Waals surface area contributed by atoms with Crippen LogP contribution in [0.4, 0.5) is 4.79 Å². The predicted molar refractivity (Wildman–Crippen MR) is 117 cm³/mol. The average Bonchev–Trinajstić information content (AvgIpc) is 3.30. The fourth-order valence-electron chi connectivity index (χ4n) is 2.65. The van der Waals surface area contributed by atoms with Gasteiger partial charge in [-0.15, -0.1) is 0 Å². The van der Waals surface area contributed by atoms with Crippen LogP contribution in [0.3, 0.4) is 0 Å². The van der Waals surface area contributed by atoms with Gasteiger partial charge in [-0.2, -0.15) is 0 Å². The Labute approximate surface area is 186 Å². The molecular weight excluding hydrogens is 412 g/mol. The molecule has 0 radical (unpaired) electrons. The van der Waals surface area contributed by atoms with E-state index in [-0.39, 0.29) is 18.9 Å². The first kappa shape index (κ1) is 22.7. The molecule has 3 aromatic rings. The minimum absolute atomic E-state index is 0.0517. The summed E-state index contributed by atoms with van der Waals surface area (Å²) in [7, 11) is 0. The summed E-state index contributed by atoms with van der Waals surface area (Å²) < 4.78 is 16.7. The van der Waals surface area contributed by atoms with Crippen LogP contribution in [0.2, 0.25) is 0 Å². The number of hydrogen-bond donors (Lipinski definition) is 3. The Balaban J connectivity index is 1.41. The Hall–Kier alpha value is -4.01. The van der Waals surface area contributed by atoms with Crippen LogP contribution in [0.1, 0.15) is 41.6 Å². The second kappa shape index (κ2) is 12.0. The molecule has 32 heavy (non-hydrogen) atoms. The quantitative estimate of drug-likeness (QED) is 0.329. The zero-order chi connectivity index (χ0) is 22.6. The summed E-state index contributed by atoms with van der Waals surface area (Å²) in [6.45, 7) is 3.01. The van der Waals surface area contributed by atoms with Crippen molar-refractivity contribution in [1.82, 2.24) is 21.2 Å². The first-order valence-electron chi connectivity index (χ1n) is 10.3. The SMILES string of the molecule is CCCCOc1ncccc1CNC(=O)NNC(=O)c1ccc(COc2ccccc2)o1. The van der Waals surface area contributed by atoms with Crippen LogP contribution in [0.5, 0.6) is 11.6 Å². The van der Waals surface area contributed by atoms with Gasteiger partial charge in [-0.05, 0) is 36.8 Å². The van der Waals surface area contributed by atoms with Gasteiger partial charge in [0.2, 0.25) is 5.88 Å².